The average Bonchev–Trinajstić information content (AvgIpc) is 2.66. The van der Waals surface area contributed by atoms with Gasteiger partial charge in [-0.2, -0.15) is 0 Å². The molecule has 0 atom stereocenters. The van der Waals surface area contributed by atoms with Crippen LogP contribution in [0.4, 0.5) is 0 Å². The van der Waals surface area contributed by atoms with E-state index in [1.807, 2.05) is 25.1 Å². The number of methoxy groups -OCH3 is 1. The lowest BCUT2D eigenvalue weighted by molar-refractivity contribution is -0.140. The van der Waals surface area contributed by atoms with Crippen LogP contribution in [0.1, 0.15) is 17.8 Å². The molecule has 0 saturated heterocycles. The fourth-order valence-corrected chi connectivity index (χ4v) is 1.76. The SMILES string of the molecule is COC(=O)CCc1cccc2[nH]c(C)nc12. The van der Waals surface area contributed by atoms with Gasteiger partial charge in [0.1, 0.15) is 5.82 Å². The topological polar surface area (TPSA) is 55.0 Å². The molecule has 1 aromatic heterocycles. The van der Waals surface area contributed by atoms with Crippen molar-refractivity contribution in [3.8, 4) is 0 Å². The number of rotatable bonds is 3. The van der Waals surface area contributed by atoms with Crippen molar-refractivity contribution in [1.29, 1.82) is 0 Å². The van der Waals surface area contributed by atoms with E-state index in [-0.39, 0.29) is 5.97 Å². The molecular formula is C12H14N2O2. The molecule has 0 aliphatic heterocycles. The van der Waals surface area contributed by atoms with Gasteiger partial charge in [0.15, 0.2) is 0 Å². The molecule has 4 nitrogen and oxygen atoms in total. The second-order valence-electron chi connectivity index (χ2n) is 3.71. The van der Waals surface area contributed by atoms with Crippen molar-refractivity contribution in [1.82, 2.24) is 9.97 Å². The maximum atomic E-state index is 11.1. The normalized spacial score (nSPS) is 10.6. The largest absolute Gasteiger partial charge is 0.469 e. The molecule has 1 aromatic carbocycles. The Morgan fingerprint density at radius 3 is 3.06 bits per heavy atom. The van der Waals surface area contributed by atoms with E-state index in [9.17, 15) is 4.79 Å². The number of ether oxygens (including phenoxy) is 1. The molecule has 0 unspecified atom stereocenters. The molecule has 0 bridgehead atoms. The maximum absolute atomic E-state index is 11.1. The average molecular weight is 218 g/mol. The van der Waals surface area contributed by atoms with Crippen LogP contribution in [0, 0.1) is 6.92 Å². The summed E-state index contributed by atoms with van der Waals surface area (Å²) in [5, 5.41) is 0. The summed E-state index contributed by atoms with van der Waals surface area (Å²) in [6, 6.07) is 5.94. The first-order chi connectivity index (χ1) is 7.70. The number of hydrogen-bond donors (Lipinski definition) is 1. The molecule has 0 aliphatic carbocycles. The second kappa shape index (κ2) is 4.35. The van der Waals surface area contributed by atoms with Crippen LogP contribution in [-0.4, -0.2) is 23.0 Å². The van der Waals surface area contributed by atoms with Gasteiger partial charge in [-0.15, -0.1) is 0 Å². The number of esters is 1. The summed E-state index contributed by atoms with van der Waals surface area (Å²) in [6.07, 6.45) is 1.05. The number of nitrogens with one attached hydrogen (secondary N) is 1. The number of para-hydroxylation sites is 1. The van der Waals surface area contributed by atoms with Gasteiger partial charge in [0.25, 0.3) is 0 Å². The lowest BCUT2D eigenvalue weighted by atomic mass is 10.1. The van der Waals surface area contributed by atoms with Crippen molar-refractivity contribution in [3.63, 3.8) is 0 Å². The van der Waals surface area contributed by atoms with Gasteiger partial charge < -0.3 is 9.72 Å². The Morgan fingerprint density at radius 1 is 1.50 bits per heavy atom. The van der Waals surface area contributed by atoms with Crippen LogP contribution in [0.5, 0.6) is 0 Å². The molecule has 2 aromatic rings. The zero-order valence-corrected chi connectivity index (χ0v) is 9.41. The smallest absolute Gasteiger partial charge is 0.305 e. The van der Waals surface area contributed by atoms with Crippen LogP contribution in [0.3, 0.4) is 0 Å². The van der Waals surface area contributed by atoms with Crippen molar-refractivity contribution in [2.24, 2.45) is 0 Å². The summed E-state index contributed by atoms with van der Waals surface area (Å²) in [5.41, 5.74) is 3.04. The lowest BCUT2D eigenvalue weighted by Crippen LogP contribution is -2.02. The molecule has 2 rings (SSSR count). The number of carbonyl (C=O) groups is 1. The van der Waals surface area contributed by atoms with Gasteiger partial charge in [-0.1, -0.05) is 12.1 Å². The number of aryl methyl sites for hydroxylation is 2. The van der Waals surface area contributed by atoms with E-state index >= 15 is 0 Å². The third-order valence-electron chi connectivity index (χ3n) is 2.54. The van der Waals surface area contributed by atoms with Crippen molar-refractivity contribution in [2.75, 3.05) is 7.11 Å². The van der Waals surface area contributed by atoms with E-state index in [1.54, 1.807) is 0 Å². The predicted molar refractivity (Wildman–Crippen MR) is 61.2 cm³/mol. The Morgan fingerprint density at radius 2 is 2.31 bits per heavy atom. The lowest BCUT2D eigenvalue weighted by Gasteiger charge is -2.01. The van der Waals surface area contributed by atoms with Crippen molar-refractivity contribution in [2.45, 2.75) is 19.8 Å². The molecule has 1 N–H and O–H groups in total. The van der Waals surface area contributed by atoms with E-state index in [2.05, 4.69) is 14.7 Å². The van der Waals surface area contributed by atoms with Crippen LogP contribution >= 0.6 is 0 Å². The summed E-state index contributed by atoms with van der Waals surface area (Å²) < 4.78 is 4.62. The number of nitrogens with zero attached hydrogens (tertiary/aromatic N) is 1. The highest BCUT2D eigenvalue weighted by atomic mass is 16.5. The minimum atomic E-state index is -0.190. The number of benzene rings is 1. The Kier molecular flexibility index (Phi) is 2.90. The van der Waals surface area contributed by atoms with Crippen LogP contribution in [0.2, 0.25) is 0 Å². The standard InChI is InChI=1S/C12H14N2O2/c1-8-13-10-5-3-4-9(12(10)14-8)6-7-11(15)16-2/h3-5H,6-7H2,1-2H3,(H,13,14). The van der Waals surface area contributed by atoms with Crippen LogP contribution in [0.15, 0.2) is 18.2 Å². The first kappa shape index (κ1) is 10.7. The van der Waals surface area contributed by atoms with Gasteiger partial charge in [0.2, 0.25) is 0 Å². The van der Waals surface area contributed by atoms with E-state index in [0.717, 1.165) is 22.4 Å². The number of carbonyl (C=O) groups excluding carboxylic acids is 1. The molecule has 0 aliphatic rings. The van der Waals surface area contributed by atoms with Gasteiger partial charge in [0, 0.05) is 6.42 Å². The maximum Gasteiger partial charge on any atom is 0.305 e. The molecule has 0 fully saturated rings. The zero-order chi connectivity index (χ0) is 11.5. The monoisotopic (exact) mass is 218 g/mol. The molecule has 0 amide bonds. The third-order valence-corrected chi connectivity index (χ3v) is 2.54. The fraction of sp³-hybridized carbons (Fsp3) is 0.333. The number of hydrogen-bond acceptors (Lipinski definition) is 3. The van der Waals surface area contributed by atoms with Crippen molar-refractivity contribution >= 4 is 17.0 Å². The van der Waals surface area contributed by atoms with E-state index in [4.69, 9.17) is 0 Å². The Labute approximate surface area is 93.6 Å². The minimum absolute atomic E-state index is 0.190. The number of fused-ring (bicyclic) bond motifs is 1. The molecule has 16 heavy (non-hydrogen) atoms. The van der Waals surface area contributed by atoms with Crippen LogP contribution < -0.4 is 0 Å². The summed E-state index contributed by atoms with van der Waals surface area (Å²) in [5.74, 6) is 0.699. The van der Waals surface area contributed by atoms with Crippen LogP contribution in [-0.2, 0) is 16.0 Å². The fourth-order valence-electron chi connectivity index (χ4n) is 1.76. The summed E-state index contributed by atoms with van der Waals surface area (Å²) in [7, 11) is 1.40. The van der Waals surface area contributed by atoms with E-state index in [0.29, 0.717) is 12.8 Å². The highest BCUT2D eigenvalue weighted by Gasteiger charge is 2.07. The van der Waals surface area contributed by atoms with Gasteiger partial charge in [0.05, 0.1) is 18.1 Å². The van der Waals surface area contributed by atoms with Gasteiger partial charge in [-0.05, 0) is 25.0 Å². The Hall–Kier alpha value is -1.84. The molecular weight excluding hydrogens is 204 g/mol. The molecule has 0 saturated carbocycles. The third kappa shape index (κ3) is 2.05. The molecule has 0 radical (unpaired) electrons. The highest BCUT2D eigenvalue weighted by Crippen LogP contribution is 2.17. The Balaban J connectivity index is 2.26. The first-order valence-corrected chi connectivity index (χ1v) is 5.21. The predicted octanol–water partition coefficient (Wildman–Crippen LogP) is 1.98. The van der Waals surface area contributed by atoms with E-state index < -0.39 is 0 Å². The Bertz CT molecular complexity index is 517. The first-order valence-electron chi connectivity index (χ1n) is 5.21. The van der Waals surface area contributed by atoms with Gasteiger partial charge in [-0.25, -0.2) is 4.98 Å². The van der Waals surface area contributed by atoms with Gasteiger partial charge in [-0.3, -0.25) is 4.79 Å². The van der Waals surface area contributed by atoms with E-state index in [1.165, 1.54) is 7.11 Å². The molecule has 0 spiro atoms. The molecule has 4 heteroatoms. The highest BCUT2D eigenvalue weighted by molar-refractivity contribution is 5.79. The second-order valence-corrected chi connectivity index (χ2v) is 3.71. The number of H-pyrrole nitrogens is 1. The van der Waals surface area contributed by atoms with Crippen molar-refractivity contribution in [3.05, 3.63) is 29.6 Å². The quantitative estimate of drug-likeness (QED) is 0.801. The summed E-state index contributed by atoms with van der Waals surface area (Å²) in [4.78, 5) is 18.7. The summed E-state index contributed by atoms with van der Waals surface area (Å²) >= 11 is 0. The summed E-state index contributed by atoms with van der Waals surface area (Å²) in [6.45, 7) is 1.92. The van der Waals surface area contributed by atoms with Crippen molar-refractivity contribution < 1.29 is 9.53 Å². The zero-order valence-electron chi connectivity index (χ0n) is 9.41. The molecule has 84 valence electrons. The number of aromatic nitrogens is 2. The minimum Gasteiger partial charge on any atom is -0.469 e. The molecule has 1 heterocycles. The number of imidazole rings is 1. The van der Waals surface area contributed by atoms with Crippen LogP contribution in [0.25, 0.3) is 11.0 Å². The van der Waals surface area contributed by atoms with Gasteiger partial charge >= 0.3 is 5.97 Å². The number of aromatic amines is 1.